The van der Waals surface area contributed by atoms with Gasteiger partial charge in [0.15, 0.2) is 0 Å². The molecule has 2 amide bonds. The molecule has 4 aromatic rings. The van der Waals surface area contributed by atoms with Crippen molar-refractivity contribution < 1.29 is 28.2 Å². The van der Waals surface area contributed by atoms with Gasteiger partial charge in [0.05, 0.1) is 34.9 Å². The number of imidazole rings is 1. The van der Waals surface area contributed by atoms with Crippen molar-refractivity contribution in [3.05, 3.63) is 94.6 Å². The van der Waals surface area contributed by atoms with E-state index < -0.39 is 17.1 Å². The lowest BCUT2D eigenvalue weighted by molar-refractivity contribution is -0.127. The van der Waals surface area contributed by atoms with Gasteiger partial charge in [-0.05, 0) is 94.5 Å². The SMILES string of the molecule is CC(C)(CN)OC(C)(C)NC(=O)c1ccc2nc(C(=O)N3CCC(c4cccc(OCc5ccc(C#N)cc5F)c4)CC3)n([C@@H]3CCO3)c2c1. The van der Waals surface area contributed by atoms with Crippen LogP contribution in [0.25, 0.3) is 11.0 Å². The third kappa shape index (κ3) is 7.65. The van der Waals surface area contributed by atoms with Crippen LogP contribution in [-0.4, -0.2) is 63.8 Å². The monoisotopic (exact) mass is 682 g/mol. The van der Waals surface area contributed by atoms with E-state index in [1.165, 1.54) is 6.07 Å². The first-order valence-corrected chi connectivity index (χ1v) is 16.9. The van der Waals surface area contributed by atoms with Crippen molar-refractivity contribution in [2.75, 3.05) is 26.2 Å². The molecule has 0 saturated carbocycles. The number of hydrogen-bond acceptors (Lipinski definition) is 8. The average Bonchev–Trinajstić information content (AvgIpc) is 3.44. The summed E-state index contributed by atoms with van der Waals surface area (Å²) in [5, 5.41) is 11.9. The molecule has 1 atom stereocenters. The van der Waals surface area contributed by atoms with Crippen LogP contribution in [0.3, 0.4) is 0 Å². The number of carbonyl (C=O) groups is 2. The van der Waals surface area contributed by atoms with E-state index in [0.29, 0.717) is 60.0 Å². The molecule has 12 heteroatoms. The lowest BCUT2D eigenvalue weighted by Gasteiger charge is -2.35. The number of nitrogens with zero attached hydrogens (tertiary/aromatic N) is 4. The third-order valence-electron chi connectivity index (χ3n) is 9.23. The first-order valence-electron chi connectivity index (χ1n) is 16.9. The largest absolute Gasteiger partial charge is 0.489 e. The Morgan fingerprint density at radius 1 is 1.08 bits per heavy atom. The van der Waals surface area contributed by atoms with E-state index in [4.69, 9.17) is 30.2 Å². The number of likely N-dealkylation sites (tertiary alicyclic amines) is 1. The van der Waals surface area contributed by atoms with Crippen molar-refractivity contribution in [1.29, 1.82) is 5.26 Å². The molecule has 3 heterocycles. The van der Waals surface area contributed by atoms with E-state index in [-0.39, 0.29) is 36.1 Å². The van der Waals surface area contributed by atoms with E-state index in [9.17, 15) is 14.0 Å². The molecule has 2 aliphatic heterocycles. The molecular formula is C38H43FN6O5. The minimum Gasteiger partial charge on any atom is -0.489 e. The molecule has 0 bridgehead atoms. The molecule has 262 valence electrons. The van der Waals surface area contributed by atoms with Crippen LogP contribution in [0.5, 0.6) is 5.75 Å². The summed E-state index contributed by atoms with van der Waals surface area (Å²) in [5.74, 6) is 0.159. The Labute approximate surface area is 291 Å². The standard InChI is InChI=1S/C38H43FN6O5/c1-37(2,23-41)50-38(3,4)43-35(46)27-10-11-31-32(20-27)45(33-14-17-48-33)34(42-31)36(47)44-15-12-25(13-16-44)26-6-5-7-29(19-26)49-22-28-9-8-24(21-40)18-30(28)39/h5-11,18-20,25,33H,12-17,22-23,41H2,1-4H3,(H,43,46)/t33-/m0/s1. The normalized spacial score (nSPS) is 16.9. The number of carbonyl (C=O) groups excluding carboxylic acids is 2. The highest BCUT2D eigenvalue weighted by atomic mass is 19.1. The van der Waals surface area contributed by atoms with Crippen molar-refractivity contribution >= 4 is 22.8 Å². The molecule has 3 aromatic carbocycles. The van der Waals surface area contributed by atoms with Crippen LogP contribution in [0.1, 0.15) is 96.8 Å². The molecule has 0 radical (unpaired) electrons. The number of fused-ring (bicyclic) bond motifs is 1. The molecule has 2 saturated heterocycles. The first kappa shape index (κ1) is 35.0. The summed E-state index contributed by atoms with van der Waals surface area (Å²) in [6, 6.07) is 19.2. The van der Waals surface area contributed by atoms with E-state index in [0.717, 1.165) is 24.8 Å². The zero-order valence-electron chi connectivity index (χ0n) is 28.9. The summed E-state index contributed by atoms with van der Waals surface area (Å²) in [6.07, 6.45) is 1.89. The van der Waals surface area contributed by atoms with Gasteiger partial charge < -0.3 is 30.2 Å². The van der Waals surface area contributed by atoms with Crippen molar-refractivity contribution in [1.82, 2.24) is 19.8 Å². The predicted molar refractivity (Wildman–Crippen MR) is 185 cm³/mol. The molecule has 2 fully saturated rings. The topological polar surface area (TPSA) is 145 Å². The van der Waals surface area contributed by atoms with Gasteiger partial charge >= 0.3 is 0 Å². The molecule has 1 aromatic heterocycles. The van der Waals surface area contributed by atoms with Gasteiger partial charge in [0.2, 0.25) is 5.82 Å². The number of nitrogens with two attached hydrogens (primary N) is 1. The average molecular weight is 683 g/mol. The summed E-state index contributed by atoms with van der Waals surface area (Å²) < 4.78 is 34.0. The van der Waals surface area contributed by atoms with Gasteiger partial charge in [0.1, 0.15) is 30.1 Å². The zero-order chi connectivity index (χ0) is 35.6. The maximum atomic E-state index is 14.3. The van der Waals surface area contributed by atoms with Crippen molar-refractivity contribution in [3.63, 3.8) is 0 Å². The van der Waals surface area contributed by atoms with Gasteiger partial charge in [0.25, 0.3) is 11.8 Å². The Morgan fingerprint density at radius 2 is 1.84 bits per heavy atom. The highest BCUT2D eigenvalue weighted by Gasteiger charge is 2.34. The summed E-state index contributed by atoms with van der Waals surface area (Å²) in [6.45, 7) is 9.29. The van der Waals surface area contributed by atoms with Gasteiger partial charge in [-0.25, -0.2) is 9.37 Å². The summed E-state index contributed by atoms with van der Waals surface area (Å²) in [4.78, 5) is 33.9. The van der Waals surface area contributed by atoms with Gasteiger partial charge in [0, 0.05) is 37.2 Å². The minimum atomic E-state index is -0.973. The van der Waals surface area contributed by atoms with Gasteiger partial charge in [-0.2, -0.15) is 5.26 Å². The van der Waals surface area contributed by atoms with Crippen molar-refractivity contribution in [3.8, 4) is 11.8 Å². The Kier molecular flexibility index (Phi) is 9.94. The van der Waals surface area contributed by atoms with E-state index in [1.807, 2.05) is 53.6 Å². The van der Waals surface area contributed by atoms with Crippen LogP contribution in [0.15, 0.2) is 60.7 Å². The van der Waals surface area contributed by atoms with Crippen LogP contribution in [0.4, 0.5) is 4.39 Å². The number of rotatable bonds is 11. The van der Waals surface area contributed by atoms with E-state index in [2.05, 4.69) is 5.32 Å². The van der Waals surface area contributed by atoms with Crippen LogP contribution in [-0.2, 0) is 16.1 Å². The molecule has 6 rings (SSSR count). The fourth-order valence-electron chi connectivity index (χ4n) is 6.52. The highest BCUT2D eigenvalue weighted by Crippen LogP contribution is 2.34. The second kappa shape index (κ2) is 14.2. The summed E-state index contributed by atoms with van der Waals surface area (Å²) in [5.41, 5.74) is 7.63. The number of nitriles is 1. The fourth-order valence-corrected chi connectivity index (χ4v) is 6.52. The number of piperidine rings is 1. The lowest BCUT2D eigenvalue weighted by atomic mass is 9.89. The third-order valence-corrected chi connectivity index (χ3v) is 9.23. The molecule has 0 spiro atoms. The van der Waals surface area contributed by atoms with Gasteiger partial charge in [-0.15, -0.1) is 0 Å². The van der Waals surface area contributed by atoms with Gasteiger partial charge in [-0.1, -0.05) is 18.2 Å². The van der Waals surface area contributed by atoms with Crippen LogP contribution < -0.4 is 15.8 Å². The van der Waals surface area contributed by atoms with Gasteiger partial charge in [-0.3, -0.25) is 14.2 Å². The predicted octanol–water partition coefficient (Wildman–Crippen LogP) is 5.78. The van der Waals surface area contributed by atoms with Crippen LogP contribution in [0.2, 0.25) is 0 Å². The molecule has 0 aliphatic carbocycles. The first-order chi connectivity index (χ1) is 23.9. The molecule has 0 unspecified atom stereocenters. The Morgan fingerprint density at radius 3 is 2.50 bits per heavy atom. The Bertz CT molecular complexity index is 1940. The van der Waals surface area contributed by atoms with E-state index in [1.54, 1.807) is 44.2 Å². The maximum Gasteiger partial charge on any atom is 0.289 e. The number of ether oxygens (including phenoxy) is 3. The zero-order valence-corrected chi connectivity index (χ0v) is 28.9. The lowest BCUT2D eigenvalue weighted by Crippen LogP contribution is -2.52. The quantitative estimate of drug-likeness (QED) is 0.189. The summed E-state index contributed by atoms with van der Waals surface area (Å²) >= 11 is 0. The molecule has 2 aliphatic rings. The van der Waals surface area contributed by atoms with Crippen LogP contribution >= 0.6 is 0 Å². The second-order valence-corrected chi connectivity index (χ2v) is 14.0. The number of nitrogens with one attached hydrogen (secondary N) is 1. The Hall–Kier alpha value is -4.83. The number of halogens is 1. The van der Waals surface area contributed by atoms with Crippen LogP contribution in [0, 0.1) is 17.1 Å². The maximum absolute atomic E-state index is 14.3. The number of amides is 2. The summed E-state index contributed by atoms with van der Waals surface area (Å²) in [7, 11) is 0. The molecule has 50 heavy (non-hydrogen) atoms. The molecule has 11 nitrogen and oxygen atoms in total. The number of hydrogen-bond donors (Lipinski definition) is 2. The minimum absolute atomic E-state index is 0.0470. The second-order valence-electron chi connectivity index (χ2n) is 14.0. The highest BCUT2D eigenvalue weighted by molar-refractivity contribution is 6.00. The van der Waals surface area contributed by atoms with Crippen molar-refractivity contribution in [2.45, 2.75) is 77.0 Å². The fraction of sp³-hybridized carbons (Fsp3) is 0.421. The molecular weight excluding hydrogens is 639 g/mol. The smallest absolute Gasteiger partial charge is 0.289 e. The number of benzene rings is 3. The van der Waals surface area contributed by atoms with Crippen molar-refractivity contribution in [2.24, 2.45) is 5.73 Å². The molecule has 3 N–H and O–H groups in total. The van der Waals surface area contributed by atoms with E-state index >= 15 is 0 Å². The number of aromatic nitrogens is 2. The Balaban J connectivity index is 1.13.